The number of carbonyl (C=O) groups excluding carboxylic acids is 1. The van der Waals surface area contributed by atoms with E-state index in [2.05, 4.69) is 9.97 Å². The summed E-state index contributed by atoms with van der Waals surface area (Å²) in [7, 11) is 3.73. The second-order valence-corrected chi connectivity index (χ2v) is 8.03. The summed E-state index contributed by atoms with van der Waals surface area (Å²) in [6, 6.07) is 6.10. The number of rotatable bonds is 4. The summed E-state index contributed by atoms with van der Waals surface area (Å²) in [6.45, 7) is 4.09. The molecule has 0 bridgehead atoms. The highest BCUT2D eigenvalue weighted by Crippen LogP contribution is 2.37. The summed E-state index contributed by atoms with van der Waals surface area (Å²) in [5, 5.41) is 0. The van der Waals surface area contributed by atoms with Crippen LogP contribution in [0.15, 0.2) is 34.9 Å². The molecule has 0 spiro atoms. The van der Waals surface area contributed by atoms with Crippen LogP contribution in [0.4, 0.5) is 10.3 Å². The number of halogens is 1. The molecule has 3 aromatic rings. The van der Waals surface area contributed by atoms with Crippen molar-refractivity contribution < 1.29 is 13.6 Å². The number of hydrogen-bond donors (Lipinski definition) is 0. The molecule has 1 saturated heterocycles. The van der Waals surface area contributed by atoms with E-state index in [9.17, 15) is 9.18 Å². The van der Waals surface area contributed by atoms with Crippen LogP contribution in [0.25, 0.3) is 11.1 Å². The van der Waals surface area contributed by atoms with Crippen molar-refractivity contribution in [3.63, 3.8) is 0 Å². The Morgan fingerprint density at radius 3 is 2.71 bits per heavy atom. The van der Waals surface area contributed by atoms with E-state index in [0.29, 0.717) is 35.3 Å². The maximum absolute atomic E-state index is 14.0. The summed E-state index contributed by atoms with van der Waals surface area (Å²) in [5.41, 5.74) is 2.70. The fourth-order valence-electron chi connectivity index (χ4n) is 4.05. The monoisotopic (exact) mass is 423 g/mol. The molecule has 0 radical (unpaired) electrons. The third kappa shape index (κ3) is 4.15. The first-order valence-electron chi connectivity index (χ1n) is 10.4. The third-order valence-electron chi connectivity index (χ3n) is 5.52. The molecule has 162 valence electrons. The standard InChI is InChI=1S/C23H26FN5O2/c1-14-21(31-15(2)26-14)22(30)29-11-6-5-10-19(29)20-18(13-25-23(27-20)28(3)4)16-8-7-9-17(24)12-16/h7-9,12-13,19H,5-6,10-11H2,1-4H3/t19-/m1/s1. The number of benzene rings is 1. The Kier molecular flexibility index (Phi) is 5.71. The van der Waals surface area contributed by atoms with Gasteiger partial charge in [0.2, 0.25) is 11.7 Å². The van der Waals surface area contributed by atoms with E-state index >= 15 is 0 Å². The fraction of sp³-hybridized carbons (Fsp3) is 0.391. The van der Waals surface area contributed by atoms with Crippen LogP contribution in [0, 0.1) is 19.7 Å². The predicted molar refractivity (Wildman–Crippen MR) is 115 cm³/mol. The van der Waals surface area contributed by atoms with Crippen molar-refractivity contribution in [2.75, 3.05) is 25.5 Å². The molecule has 1 aliphatic rings. The Morgan fingerprint density at radius 2 is 2.03 bits per heavy atom. The van der Waals surface area contributed by atoms with Crippen LogP contribution in [0.5, 0.6) is 0 Å². The number of aryl methyl sites for hydroxylation is 2. The quantitative estimate of drug-likeness (QED) is 0.622. The van der Waals surface area contributed by atoms with Crippen molar-refractivity contribution in [3.8, 4) is 11.1 Å². The number of aromatic nitrogens is 3. The molecular weight excluding hydrogens is 397 g/mol. The van der Waals surface area contributed by atoms with E-state index in [-0.39, 0.29) is 23.5 Å². The van der Waals surface area contributed by atoms with Gasteiger partial charge in [-0.15, -0.1) is 0 Å². The van der Waals surface area contributed by atoms with Gasteiger partial charge in [-0.2, -0.15) is 0 Å². The summed E-state index contributed by atoms with van der Waals surface area (Å²) < 4.78 is 19.6. The zero-order valence-corrected chi connectivity index (χ0v) is 18.2. The minimum absolute atomic E-state index is 0.196. The molecule has 7 nitrogen and oxygen atoms in total. The highest BCUT2D eigenvalue weighted by molar-refractivity contribution is 5.93. The van der Waals surface area contributed by atoms with Crippen LogP contribution < -0.4 is 4.90 Å². The Hall–Kier alpha value is -3.29. The van der Waals surface area contributed by atoms with Gasteiger partial charge in [0.1, 0.15) is 5.82 Å². The molecule has 1 fully saturated rings. The lowest BCUT2D eigenvalue weighted by atomic mass is 9.93. The van der Waals surface area contributed by atoms with Crippen molar-refractivity contribution >= 4 is 11.9 Å². The van der Waals surface area contributed by atoms with Crippen molar-refractivity contribution in [2.45, 2.75) is 39.2 Å². The molecule has 3 heterocycles. The summed E-state index contributed by atoms with van der Waals surface area (Å²) in [6.07, 6.45) is 4.33. The van der Waals surface area contributed by atoms with Gasteiger partial charge in [-0.1, -0.05) is 12.1 Å². The molecule has 31 heavy (non-hydrogen) atoms. The predicted octanol–water partition coefficient (Wildman–Crippen LogP) is 4.32. The average Bonchev–Trinajstić information content (AvgIpc) is 3.10. The maximum atomic E-state index is 14.0. The molecule has 1 atom stereocenters. The van der Waals surface area contributed by atoms with Crippen LogP contribution in [0.2, 0.25) is 0 Å². The first-order valence-corrected chi connectivity index (χ1v) is 10.4. The Bertz CT molecular complexity index is 1110. The number of piperidine rings is 1. The molecule has 0 saturated carbocycles. The van der Waals surface area contributed by atoms with Crippen LogP contribution >= 0.6 is 0 Å². The zero-order valence-electron chi connectivity index (χ0n) is 18.2. The van der Waals surface area contributed by atoms with Gasteiger partial charge in [-0.25, -0.2) is 19.3 Å². The first kappa shape index (κ1) is 21.0. The molecule has 0 N–H and O–H groups in total. The van der Waals surface area contributed by atoms with Crippen LogP contribution in [0.3, 0.4) is 0 Å². The molecule has 2 aromatic heterocycles. The average molecular weight is 423 g/mol. The second-order valence-electron chi connectivity index (χ2n) is 8.03. The fourth-order valence-corrected chi connectivity index (χ4v) is 4.05. The molecule has 4 rings (SSSR count). The number of likely N-dealkylation sites (tertiary alicyclic amines) is 1. The lowest BCUT2D eigenvalue weighted by Gasteiger charge is -2.36. The summed E-state index contributed by atoms with van der Waals surface area (Å²) in [4.78, 5) is 30.5. The Morgan fingerprint density at radius 1 is 1.23 bits per heavy atom. The van der Waals surface area contributed by atoms with Gasteiger partial charge in [0.15, 0.2) is 5.89 Å². The molecule has 1 aliphatic heterocycles. The van der Waals surface area contributed by atoms with E-state index < -0.39 is 0 Å². The molecule has 0 unspecified atom stereocenters. The van der Waals surface area contributed by atoms with Crippen molar-refractivity contribution in [3.05, 3.63) is 59.3 Å². The third-order valence-corrected chi connectivity index (χ3v) is 5.52. The Labute approximate surface area is 180 Å². The number of nitrogens with zero attached hydrogens (tertiary/aromatic N) is 5. The van der Waals surface area contributed by atoms with E-state index in [1.54, 1.807) is 31.0 Å². The van der Waals surface area contributed by atoms with Crippen molar-refractivity contribution in [1.29, 1.82) is 0 Å². The zero-order chi connectivity index (χ0) is 22.1. The van der Waals surface area contributed by atoms with Gasteiger partial charge in [-0.05, 0) is 43.9 Å². The van der Waals surface area contributed by atoms with E-state index in [4.69, 9.17) is 9.40 Å². The largest absolute Gasteiger partial charge is 0.436 e. The van der Waals surface area contributed by atoms with Crippen LogP contribution in [-0.2, 0) is 0 Å². The Balaban J connectivity index is 1.82. The van der Waals surface area contributed by atoms with Gasteiger partial charge < -0.3 is 14.2 Å². The lowest BCUT2D eigenvalue weighted by Crippen LogP contribution is -2.39. The lowest BCUT2D eigenvalue weighted by molar-refractivity contribution is 0.0572. The minimum atomic E-state index is -0.329. The van der Waals surface area contributed by atoms with Gasteiger partial charge in [0.05, 0.1) is 17.4 Å². The molecule has 8 heteroatoms. The van der Waals surface area contributed by atoms with E-state index in [1.165, 1.54) is 12.1 Å². The highest BCUT2D eigenvalue weighted by Gasteiger charge is 2.34. The van der Waals surface area contributed by atoms with Crippen molar-refractivity contribution in [1.82, 2.24) is 19.9 Å². The highest BCUT2D eigenvalue weighted by atomic mass is 19.1. The topological polar surface area (TPSA) is 75.4 Å². The van der Waals surface area contributed by atoms with Crippen molar-refractivity contribution in [2.24, 2.45) is 0 Å². The minimum Gasteiger partial charge on any atom is -0.436 e. The number of carbonyl (C=O) groups is 1. The molecule has 1 aromatic carbocycles. The maximum Gasteiger partial charge on any atom is 0.292 e. The summed E-state index contributed by atoms with van der Waals surface area (Å²) in [5.74, 6) is 0.743. The smallest absolute Gasteiger partial charge is 0.292 e. The normalized spacial score (nSPS) is 16.4. The second kappa shape index (κ2) is 8.45. The van der Waals surface area contributed by atoms with E-state index in [1.807, 2.05) is 25.1 Å². The van der Waals surface area contributed by atoms with Gasteiger partial charge >= 0.3 is 0 Å². The number of oxazole rings is 1. The summed E-state index contributed by atoms with van der Waals surface area (Å²) >= 11 is 0. The molecular formula is C23H26FN5O2. The van der Waals surface area contributed by atoms with Crippen LogP contribution in [-0.4, -0.2) is 46.4 Å². The van der Waals surface area contributed by atoms with Gasteiger partial charge in [0.25, 0.3) is 5.91 Å². The number of hydrogen-bond acceptors (Lipinski definition) is 6. The SMILES string of the molecule is Cc1nc(C)c(C(=O)N2CCCC[C@@H]2c2nc(N(C)C)ncc2-c2cccc(F)c2)o1. The first-order chi connectivity index (χ1) is 14.8. The number of amides is 1. The molecule has 1 amide bonds. The van der Waals surface area contributed by atoms with Crippen LogP contribution in [0.1, 0.15) is 53.1 Å². The number of anilines is 1. The van der Waals surface area contributed by atoms with Gasteiger partial charge in [0, 0.05) is 39.3 Å². The van der Waals surface area contributed by atoms with Gasteiger partial charge in [-0.3, -0.25) is 4.79 Å². The molecule has 0 aliphatic carbocycles. The van der Waals surface area contributed by atoms with E-state index in [0.717, 1.165) is 24.8 Å².